The first-order valence-corrected chi connectivity index (χ1v) is 6.78. The summed E-state index contributed by atoms with van der Waals surface area (Å²) >= 11 is 0. The normalized spacial score (nSPS) is 13.7. The van der Waals surface area contributed by atoms with Crippen molar-refractivity contribution in [2.75, 3.05) is 6.61 Å². The highest BCUT2D eigenvalue weighted by atomic mass is 16.5. The van der Waals surface area contributed by atoms with Gasteiger partial charge >= 0.3 is 0 Å². The maximum Gasteiger partial charge on any atom is 0.0876 e. The number of hydrogen-bond donors (Lipinski definition) is 1. The average molecular weight is 268 g/mol. The second-order valence-electron chi connectivity index (χ2n) is 4.74. The summed E-state index contributed by atoms with van der Waals surface area (Å²) in [5.41, 5.74) is 2.16. The molecule has 0 aliphatic carbocycles. The Morgan fingerprint density at radius 1 is 1.00 bits per heavy atom. The summed E-state index contributed by atoms with van der Waals surface area (Å²) in [7, 11) is 0. The highest BCUT2D eigenvalue weighted by Gasteiger charge is 2.17. The Morgan fingerprint density at radius 3 is 2.20 bits per heavy atom. The lowest BCUT2D eigenvalue weighted by atomic mass is 9.94. The Hall–Kier alpha value is -1.90. The van der Waals surface area contributed by atoms with Crippen molar-refractivity contribution in [1.82, 2.24) is 0 Å². The van der Waals surface area contributed by atoms with Gasteiger partial charge in [0.05, 0.1) is 19.3 Å². The Morgan fingerprint density at radius 2 is 1.60 bits per heavy atom. The molecule has 2 nitrogen and oxygen atoms in total. The molecule has 0 amide bonds. The third kappa shape index (κ3) is 4.05. The van der Waals surface area contributed by atoms with E-state index in [-0.39, 0.29) is 5.92 Å². The van der Waals surface area contributed by atoms with Crippen molar-refractivity contribution in [3.8, 4) is 0 Å². The molecule has 2 atom stereocenters. The lowest BCUT2D eigenvalue weighted by molar-refractivity contribution is 0.0218. The number of aliphatic hydroxyl groups excluding tert-OH is 1. The molecule has 0 radical (unpaired) electrons. The fourth-order valence-corrected chi connectivity index (χ4v) is 2.17. The SMILES string of the molecule is C=CC(c1ccccc1)C(O)COCc1ccccc1. The minimum Gasteiger partial charge on any atom is -0.390 e. The highest BCUT2D eigenvalue weighted by molar-refractivity contribution is 5.24. The van der Waals surface area contributed by atoms with Crippen molar-refractivity contribution in [3.63, 3.8) is 0 Å². The van der Waals surface area contributed by atoms with Gasteiger partial charge in [-0.2, -0.15) is 0 Å². The molecule has 104 valence electrons. The Balaban J connectivity index is 1.87. The quantitative estimate of drug-likeness (QED) is 0.778. The summed E-state index contributed by atoms with van der Waals surface area (Å²) < 4.78 is 5.59. The molecule has 0 heterocycles. The van der Waals surface area contributed by atoms with Crippen LogP contribution >= 0.6 is 0 Å². The van der Waals surface area contributed by atoms with Gasteiger partial charge in [-0.05, 0) is 11.1 Å². The van der Waals surface area contributed by atoms with Gasteiger partial charge in [0.2, 0.25) is 0 Å². The van der Waals surface area contributed by atoms with Crippen LogP contribution in [-0.2, 0) is 11.3 Å². The van der Waals surface area contributed by atoms with Gasteiger partial charge in [0, 0.05) is 5.92 Å². The van der Waals surface area contributed by atoms with E-state index in [0.717, 1.165) is 11.1 Å². The number of rotatable bonds is 7. The van der Waals surface area contributed by atoms with Gasteiger partial charge in [-0.15, -0.1) is 6.58 Å². The smallest absolute Gasteiger partial charge is 0.0876 e. The van der Waals surface area contributed by atoms with Crippen LogP contribution in [0.1, 0.15) is 17.0 Å². The predicted octanol–water partition coefficient (Wildman–Crippen LogP) is 3.53. The Labute approximate surface area is 120 Å². The van der Waals surface area contributed by atoms with Crippen LogP contribution < -0.4 is 0 Å². The topological polar surface area (TPSA) is 29.5 Å². The molecule has 0 spiro atoms. The molecule has 2 heteroatoms. The third-order valence-corrected chi connectivity index (χ3v) is 3.25. The summed E-state index contributed by atoms with van der Waals surface area (Å²) in [5.74, 6) is -0.105. The molecular weight excluding hydrogens is 248 g/mol. The van der Waals surface area contributed by atoms with E-state index in [1.165, 1.54) is 0 Å². The minimum absolute atomic E-state index is 0.105. The van der Waals surface area contributed by atoms with Crippen molar-refractivity contribution in [2.24, 2.45) is 0 Å². The molecule has 2 aromatic carbocycles. The number of aliphatic hydroxyl groups is 1. The maximum absolute atomic E-state index is 10.2. The molecule has 0 aromatic heterocycles. The van der Waals surface area contributed by atoms with Crippen LogP contribution in [0.25, 0.3) is 0 Å². The zero-order valence-corrected chi connectivity index (χ0v) is 11.5. The van der Waals surface area contributed by atoms with Gasteiger partial charge in [0.15, 0.2) is 0 Å². The summed E-state index contributed by atoms with van der Waals surface area (Å²) in [4.78, 5) is 0. The lowest BCUT2D eigenvalue weighted by Gasteiger charge is -2.20. The van der Waals surface area contributed by atoms with E-state index in [1.54, 1.807) is 6.08 Å². The maximum atomic E-state index is 10.2. The standard InChI is InChI=1S/C18H20O2/c1-2-17(16-11-7-4-8-12-16)18(19)14-20-13-15-9-5-3-6-10-15/h2-12,17-19H,1,13-14H2. The monoisotopic (exact) mass is 268 g/mol. The van der Waals surface area contributed by atoms with Crippen LogP contribution in [0.2, 0.25) is 0 Å². The van der Waals surface area contributed by atoms with Gasteiger partial charge in [-0.1, -0.05) is 66.7 Å². The van der Waals surface area contributed by atoms with E-state index in [2.05, 4.69) is 6.58 Å². The van der Waals surface area contributed by atoms with Gasteiger partial charge < -0.3 is 9.84 Å². The Bertz CT molecular complexity index is 507. The summed E-state index contributed by atoms with van der Waals surface area (Å²) in [6, 6.07) is 19.8. The van der Waals surface area contributed by atoms with Crippen LogP contribution in [0.15, 0.2) is 73.3 Å². The molecule has 20 heavy (non-hydrogen) atoms. The molecule has 1 N–H and O–H groups in total. The lowest BCUT2D eigenvalue weighted by Crippen LogP contribution is -2.22. The zero-order valence-electron chi connectivity index (χ0n) is 11.5. The fraction of sp³-hybridized carbons (Fsp3) is 0.222. The van der Waals surface area contributed by atoms with Gasteiger partial charge in [0.1, 0.15) is 0 Å². The zero-order chi connectivity index (χ0) is 14.2. The Kier molecular flexibility index (Phi) is 5.54. The van der Waals surface area contributed by atoms with Crippen LogP contribution in [0.5, 0.6) is 0 Å². The van der Waals surface area contributed by atoms with Crippen molar-refractivity contribution in [3.05, 3.63) is 84.4 Å². The van der Waals surface area contributed by atoms with E-state index in [0.29, 0.717) is 13.2 Å². The van der Waals surface area contributed by atoms with E-state index in [9.17, 15) is 5.11 Å². The molecule has 0 fully saturated rings. The summed E-state index contributed by atoms with van der Waals surface area (Å²) in [6.07, 6.45) is 1.19. The second kappa shape index (κ2) is 7.63. The molecule has 0 aliphatic rings. The summed E-state index contributed by atoms with van der Waals surface area (Å²) in [6.45, 7) is 4.61. The molecule has 0 saturated carbocycles. The van der Waals surface area contributed by atoms with Gasteiger partial charge in [-0.25, -0.2) is 0 Å². The second-order valence-corrected chi connectivity index (χ2v) is 4.74. The molecule has 2 rings (SSSR count). The number of ether oxygens (including phenoxy) is 1. The van der Waals surface area contributed by atoms with Crippen LogP contribution in [-0.4, -0.2) is 17.8 Å². The van der Waals surface area contributed by atoms with Crippen molar-refractivity contribution < 1.29 is 9.84 Å². The first-order valence-electron chi connectivity index (χ1n) is 6.78. The van der Waals surface area contributed by atoms with Crippen molar-refractivity contribution in [1.29, 1.82) is 0 Å². The minimum atomic E-state index is -0.585. The highest BCUT2D eigenvalue weighted by Crippen LogP contribution is 2.21. The van der Waals surface area contributed by atoms with E-state index in [1.807, 2.05) is 60.7 Å². The van der Waals surface area contributed by atoms with E-state index in [4.69, 9.17) is 4.74 Å². The molecular formula is C18H20O2. The van der Waals surface area contributed by atoms with E-state index < -0.39 is 6.10 Å². The van der Waals surface area contributed by atoms with Gasteiger partial charge in [-0.3, -0.25) is 0 Å². The third-order valence-electron chi connectivity index (χ3n) is 3.25. The number of hydrogen-bond acceptors (Lipinski definition) is 2. The van der Waals surface area contributed by atoms with E-state index >= 15 is 0 Å². The molecule has 0 aliphatic heterocycles. The van der Waals surface area contributed by atoms with Crippen LogP contribution in [0.4, 0.5) is 0 Å². The molecule has 2 aromatic rings. The average Bonchev–Trinajstić information content (AvgIpc) is 2.50. The van der Waals surface area contributed by atoms with Crippen molar-refractivity contribution in [2.45, 2.75) is 18.6 Å². The number of benzene rings is 2. The first-order chi connectivity index (χ1) is 9.81. The van der Waals surface area contributed by atoms with Crippen LogP contribution in [0.3, 0.4) is 0 Å². The van der Waals surface area contributed by atoms with Gasteiger partial charge in [0.25, 0.3) is 0 Å². The predicted molar refractivity (Wildman–Crippen MR) is 81.5 cm³/mol. The molecule has 0 saturated heterocycles. The largest absolute Gasteiger partial charge is 0.390 e. The summed E-state index contributed by atoms with van der Waals surface area (Å²) in [5, 5.41) is 10.2. The molecule has 2 unspecified atom stereocenters. The fourth-order valence-electron chi connectivity index (χ4n) is 2.17. The van der Waals surface area contributed by atoms with Crippen LogP contribution in [0, 0.1) is 0 Å². The molecule has 0 bridgehead atoms. The van der Waals surface area contributed by atoms with Crippen molar-refractivity contribution >= 4 is 0 Å². The first kappa shape index (κ1) is 14.5.